The molecule has 5 N–H and O–H groups in total. The van der Waals surface area contributed by atoms with Crippen molar-refractivity contribution in [2.45, 2.75) is 44.4 Å². The second kappa shape index (κ2) is 12.2. The average Bonchev–Trinajstić information content (AvgIpc) is 2.60. The fourth-order valence-corrected chi connectivity index (χ4v) is 2.08. The number of para-hydroxylation sites is 1. The molecule has 11 heteroatoms. The first-order valence-corrected chi connectivity index (χ1v) is 8.38. The Morgan fingerprint density at radius 3 is 2.25 bits per heavy atom. The fourth-order valence-electron chi connectivity index (χ4n) is 2.08. The molecule has 0 aliphatic rings. The summed E-state index contributed by atoms with van der Waals surface area (Å²) in [7, 11) is 0. The van der Waals surface area contributed by atoms with Gasteiger partial charge in [0.15, 0.2) is 0 Å². The Hall–Kier alpha value is -2.33. The summed E-state index contributed by atoms with van der Waals surface area (Å²) in [5, 5.41) is 6.86. The minimum absolute atomic E-state index is 0. The van der Waals surface area contributed by atoms with Gasteiger partial charge in [0.1, 0.15) is 6.04 Å². The molecule has 2 atom stereocenters. The van der Waals surface area contributed by atoms with Gasteiger partial charge in [-0.15, -0.1) is 12.4 Å². The summed E-state index contributed by atoms with van der Waals surface area (Å²) in [6.07, 6.45) is -4.11. The molecule has 28 heavy (non-hydrogen) atoms. The van der Waals surface area contributed by atoms with Gasteiger partial charge in [-0.1, -0.05) is 18.2 Å². The van der Waals surface area contributed by atoms with E-state index >= 15 is 0 Å². The number of hydrogen-bond acceptors (Lipinski definition) is 4. The van der Waals surface area contributed by atoms with Crippen LogP contribution in [0.15, 0.2) is 30.3 Å². The monoisotopic (exact) mass is 424 g/mol. The zero-order valence-corrected chi connectivity index (χ0v) is 16.0. The van der Waals surface area contributed by atoms with Crippen LogP contribution < -0.4 is 21.7 Å². The molecule has 0 bridgehead atoms. The first kappa shape index (κ1) is 25.7. The van der Waals surface area contributed by atoms with Crippen molar-refractivity contribution in [3.05, 3.63) is 30.3 Å². The topological polar surface area (TPSA) is 113 Å². The van der Waals surface area contributed by atoms with Crippen molar-refractivity contribution >= 4 is 35.8 Å². The van der Waals surface area contributed by atoms with E-state index in [0.717, 1.165) is 0 Å². The zero-order chi connectivity index (χ0) is 20.4. The highest BCUT2D eigenvalue weighted by Gasteiger charge is 2.38. The number of amides is 3. The van der Waals surface area contributed by atoms with Gasteiger partial charge >= 0.3 is 12.1 Å². The summed E-state index contributed by atoms with van der Waals surface area (Å²) >= 11 is 0. The van der Waals surface area contributed by atoms with Crippen LogP contribution in [0.1, 0.15) is 26.2 Å². The Bertz CT molecular complexity index is 644. The molecule has 0 radical (unpaired) electrons. The smallest absolute Gasteiger partial charge is 0.348 e. The van der Waals surface area contributed by atoms with Gasteiger partial charge < -0.3 is 21.7 Å². The summed E-state index contributed by atoms with van der Waals surface area (Å²) < 4.78 is 36.0. The molecular formula is C17H24ClF3N4O3. The highest BCUT2D eigenvalue weighted by Crippen LogP contribution is 2.14. The molecule has 0 aliphatic carbocycles. The van der Waals surface area contributed by atoms with Crippen LogP contribution in [0.3, 0.4) is 0 Å². The molecule has 0 spiro atoms. The van der Waals surface area contributed by atoms with Crippen LogP contribution in [0.4, 0.5) is 18.9 Å². The molecule has 158 valence electrons. The van der Waals surface area contributed by atoms with Gasteiger partial charge in [0.05, 0.1) is 6.04 Å². The van der Waals surface area contributed by atoms with E-state index in [9.17, 15) is 27.6 Å². The van der Waals surface area contributed by atoms with Crippen LogP contribution in [0.2, 0.25) is 0 Å². The molecule has 0 saturated carbocycles. The molecule has 0 aromatic heterocycles. The average molecular weight is 425 g/mol. The molecule has 3 amide bonds. The minimum Gasteiger partial charge on any atom is -0.348 e. The summed E-state index contributed by atoms with van der Waals surface area (Å²) in [6.45, 7) is 1.35. The minimum atomic E-state index is -4.91. The van der Waals surface area contributed by atoms with Gasteiger partial charge in [0.2, 0.25) is 11.8 Å². The molecule has 0 aliphatic heterocycles. The number of alkyl halides is 3. The number of carbonyl (C=O) groups is 3. The van der Waals surface area contributed by atoms with Crippen LogP contribution >= 0.6 is 12.4 Å². The Kier molecular flexibility index (Phi) is 11.2. The van der Waals surface area contributed by atoms with E-state index in [1.54, 1.807) is 35.6 Å². The van der Waals surface area contributed by atoms with E-state index < -0.39 is 36.0 Å². The summed E-state index contributed by atoms with van der Waals surface area (Å²) in [6, 6.07) is 7.00. The second-order valence-electron chi connectivity index (χ2n) is 5.94. The molecule has 0 unspecified atom stereocenters. The first-order valence-electron chi connectivity index (χ1n) is 8.38. The Morgan fingerprint density at radius 2 is 1.68 bits per heavy atom. The molecule has 1 aromatic rings. The standard InChI is InChI=1S/C17H23F3N4O3.ClH/c1-11(14(25)24-12-7-3-2-4-8-12)23-15(26)13(21)9-5-6-10-22-16(27)17(18,19)20;/h2-4,7-8,11,13H,5-6,9-10,21H2,1H3,(H,22,27)(H,23,26)(H,24,25);1H/t11-,13-;/m0./s1. The Balaban J connectivity index is 0.00000729. The molecule has 1 aromatic carbocycles. The van der Waals surface area contributed by atoms with Crippen molar-refractivity contribution in [3.8, 4) is 0 Å². The number of nitrogens with one attached hydrogen (secondary N) is 3. The number of carbonyl (C=O) groups excluding carboxylic acids is 3. The molecule has 0 saturated heterocycles. The first-order chi connectivity index (χ1) is 12.6. The van der Waals surface area contributed by atoms with E-state index in [4.69, 9.17) is 5.73 Å². The SMILES string of the molecule is C[C@H](NC(=O)[C@@H](N)CCCCNC(=O)C(F)(F)F)C(=O)Nc1ccccc1.Cl. The highest BCUT2D eigenvalue weighted by atomic mass is 35.5. The lowest BCUT2D eigenvalue weighted by atomic mass is 10.1. The molecule has 1 rings (SSSR count). The number of hydrogen-bond donors (Lipinski definition) is 4. The van der Waals surface area contributed by atoms with Crippen LogP contribution in [0.25, 0.3) is 0 Å². The van der Waals surface area contributed by atoms with Gasteiger partial charge in [-0.05, 0) is 38.3 Å². The van der Waals surface area contributed by atoms with E-state index in [-0.39, 0.29) is 31.8 Å². The van der Waals surface area contributed by atoms with Gasteiger partial charge in [-0.25, -0.2) is 0 Å². The van der Waals surface area contributed by atoms with E-state index in [0.29, 0.717) is 12.1 Å². The van der Waals surface area contributed by atoms with E-state index in [1.165, 1.54) is 6.92 Å². The maximum Gasteiger partial charge on any atom is 0.471 e. The summed E-state index contributed by atoms with van der Waals surface area (Å²) in [5.74, 6) is -2.94. The van der Waals surface area contributed by atoms with Crippen molar-refractivity contribution in [1.29, 1.82) is 0 Å². The van der Waals surface area contributed by atoms with Crippen molar-refractivity contribution in [1.82, 2.24) is 10.6 Å². The lowest BCUT2D eigenvalue weighted by Crippen LogP contribution is -2.48. The molecule has 0 heterocycles. The highest BCUT2D eigenvalue weighted by molar-refractivity contribution is 5.97. The van der Waals surface area contributed by atoms with E-state index in [2.05, 4.69) is 10.6 Å². The lowest BCUT2D eigenvalue weighted by molar-refractivity contribution is -0.173. The third-order valence-electron chi connectivity index (χ3n) is 3.62. The number of nitrogens with two attached hydrogens (primary N) is 1. The largest absolute Gasteiger partial charge is 0.471 e. The van der Waals surface area contributed by atoms with Crippen molar-refractivity contribution in [2.75, 3.05) is 11.9 Å². The number of unbranched alkanes of at least 4 members (excludes halogenated alkanes) is 1. The molecule has 0 fully saturated rings. The maximum absolute atomic E-state index is 12.0. The van der Waals surface area contributed by atoms with Crippen LogP contribution in [0, 0.1) is 0 Å². The predicted molar refractivity (Wildman–Crippen MR) is 101 cm³/mol. The third kappa shape index (κ3) is 9.56. The summed E-state index contributed by atoms with van der Waals surface area (Å²) in [5.41, 5.74) is 6.31. The Morgan fingerprint density at radius 1 is 1.07 bits per heavy atom. The number of benzene rings is 1. The predicted octanol–water partition coefficient (Wildman–Crippen LogP) is 1.73. The second-order valence-corrected chi connectivity index (χ2v) is 5.94. The van der Waals surface area contributed by atoms with Gasteiger partial charge in [-0.2, -0.15) is 13.2 Å². The fraction of sp³-hybridized carbons (Fsp3) is 0.471. The molecular weight excluding hydrogens is 401 g/mol. The number of anilines is 1. The van der Waals surface area contributed by atoms with Gasteiger partial charge in [0, 0.05) is 12.2 Å². The van der Waals surface area contributed by atoms with E-state index in [1.807, 2.05) is 0 Å². The van der Waals surface area contributed by atoms with Gasteiger partial charge in [-0.3, -0.25) is 14.4 Å². The van der Waals surface area contributed by atoms with Crippen molar-refractivity contribution in [2.24, 2.45) is 5.73 Å². The normalized spacial score (nSPS) is 12.9. The quantitative estimate of drug-likeness (QED) is 0.452. The maximum atomic E-state index is 12.0. The zero-order valence-electron chi connectivity index (χ0n) is 15.2. The molecule has 7 nitrogen and oxygen atoms in total. The summed E-state index contributed by atoms with van der Waals surface area (Å²) in [4.78, 5) is 34.6. The Labute approximate surface area is 167 Å². The van der Waals surface area contributed by atoms with Crippen LogP contribution in [0.5, 0.6) is 0 Å². The van der Waals surface area contributed by atoms with Crippen molar-refractivity contribution in [3.63, 3.8) is 0 Å². The van der Waals surface area contributed by atoms with Crippen molar-refractivity contribution < 1.29 is 27.6 Å². The number of rotatable bonds is 9. The number of halogens is 4. The van der Waals surface area contributed by atoms with Crippen LogP contribution in [-0.4, -0.2) is 42.5 Å². The van der Waals surface area contributed by atoms with Gasteiger partial charge in [0.25, 0.3) is 0 Å². The third-order valence-corrected chi connectivity index (χ3v) is 3.62. The lowest BCUT2D eigenvalue weighted by Gasteiger charge is -2.17. The van der Waals surface area contributed by atoms with Crippen LogP contribution in [-0.2, 0) is 14.4 Å².